The average Bonchev–Trinajstić information content (AvgIpc) is 2.35. The van der Waals surface area contributed by atoms with Crippen molar-refractivity contribution in [1.29, 1.82) is 0 Å². The highest BCUT2D eigenvalue weighted by Crippen LogP contribution is 2.03. The molecule has 0 fully saturated rings. The number of nitrogens with one attached hydrogen (secondary N) is 2. The molecule has 92 valence electrons. The molecule has 0 spiro atoms. The number of amides is 2. The lowest BCUT2D eigenvalue weighted by atomic mass is 10.2. The molecule has 1 rings (SSSR count). The Morgan fingerprint density at radius 2 is 2.06 bits per heavy atom. The Kier molecular flexibility index (Phi) is 5.71. The fourth-order valence-corrected chi connectivity index (χ4v) is 1.24. The van der Waals surface area contributed by atoms with Crippen LogP contribution in [-0.2, 0) is 9.59 Å². The number of nitrogens with zero attached hydrogens (tertiary/aromatic N) is 1. The Morgan fingerprint density at radius 3 is 2.71 bits per heavy atom. The predicted octanol–water partition coefficient (Wildman–Crippen LogP) is 1.33. The van der Waals surface area contributed by atoms with Gasteiger partial charge in [-0.1, -0.05) is 6.92 Å². The SMILES string of the molecule is CCCNC(=O)CCC(=O)Nc1cccnc1. The topological polar surface area (TPSA) is 71.1 Å². The predicted molar refractivity (Wildman–Crippen MR) is 65.4 cm³/mol. The number of aromatic nitrogens is 1. The zero-order chi connectivity index (χ0) is 12.5. The number of rotatable bonds is 6. The maximum atomic E-state index is 11.5. The van der Waals surface area contributed by atoms with Gasteiger partial charge in [-0.15, -0.1) is 0 Å². The number of carbonyl (C=O) groups excluding carboxylic acids is 2. The first-order chi connectivity index (χ1) is 8.22. The fraction of sp³-hybridized carbons (Fsp3) is 0.417. The van der Waals surface area contributed by atoms with Crippen LogP contribution in [0.25, 0.3) is 0 Å². The van der Waals surface area contributed by atoms with Gasteiger partial charge in [0, 0.05) is 25.6 Å². The van der Waals surface area contributed by atoms with Gasteiger partial charge in [-0.05, 0) is 18.6 Å². The highest BCUT2D eigenvalue weighted by molar-refractivity contribution is 5.93. The Hall–Kier alpha value is -1.91. The van der Waals surface area contributed by atoms with E-state index in [2.05, 4.69) is 15.6 Å². The quantitative estimate of drug-likeness (QED) is 0.781. The summed E-state index contributed by atoms with van der Waals surface area (Å²) in [6.07, 6.45) is 4.49. The number of anilines is 1. The molecular weight excluding hydrogens is 218 g/mol. The highest BCUT2D eigenvalue weighted by atomic mass is 16.2. The van der Waals surface area contributed by atoms with Crippen molar-refractivity contribution >= 4 is 17.5 Å². The van der Waals surface area contributed by atoms with Crippen LogP contribution in [0.2, 0.25) is 0 Å². The third-order valence-corrected chi connectivity index (χ3v) is 2.10. The van der Waals surface area contributed by atoms with Crippen molar-refractivity contribution in [1.82, 2.24) is 10.3 Å². The Morgan fingerprint density at radius 1 is 1.29 bits per heavy atom. The molecule has 1 heterocycles. The maximum Gasteiger partial charge on any atom is 0.224 e. The van der Waals surface area contributed by atoms with E-state index in [0.717, 1.165) is 6.42 Å². The summed E-state index contributed by atoms with van der Waals surface area (Å²) in [4.78, 5) is 26.6. The summed E-state index contributed by atoms with van der Waals surface area (Å²) in [5.41, 5.74) is 0.645. The van der Waals surface area contributed by atoms with Crippen LogP contribution < -0.4 is 10.6 Å². The number of hydrogen-bond acceptors (Lipinski definition) is 3. The van der Waals surface area contributed by atoms with Gasteiger partial charge >= 0.3 is 0 Å². The molecule has 0 aliphatic heterocycles. The van der Waals surface area contributed by atoms with E-state index >= 15 is 0 Å². The molecule has 1 aromatic rings. The van der Waals surface area contributed by atoms with Gasteiger partial charge in [0.25, 0.3) is 0 Å². The molecule has 5 heteroatoms. The molecule has 0 bridgehead atoms. The minimum Gasteiger partial charge on any atom is -0.356 e. The van der Waals surface area contributed by atoms with Gasteiger partial charge in [0.2, 0.25) is 11.8 Å². The summed E-state index contributed by atoms with van der Waals surface area (Å²) in [7, 11) is 0. The molecule has 17 heavy (non-hydrogen) atoms. The molecule has 0 saturated carbocycles. The number of hydrogen-bond donors (Lipinski definition) is 2. The van der Waals surface area contributed by atoms with Gasteiger partial charge in [-0.3, -0.25) is 14.6 Å². The largest absolute Gasteiger partial charge is 0.356 e. The molecule has 0 aliphatic carbocycles. The van der Waals surface area contributed by atoms with Gasteiger partial charge in [-0.25, -0.2) is 0 Å². The summed E-state index contributed by atoms with van der Waals surface area (Å²) in [6.45, 7) is 2.64. The van der Waals surface area contributed by atoms with Crippen molar-refractivity contribution in [3.05, 3.63) is 24.5 Å². The van der Waals surface area contributed by atoms with E-state index in [0.29, 0.717) is 12.2 Å². The molecule has 0 atom stereocenters. The van der Waals surface area contributed by atoms with Crippen molar-refractivity contribution in [2.45, 2.75) is 26.2 Å². The molecular formula is C12H17N3O2. The maximum absolute atomic E-state index is 11.5. The second-order valence-corrected chi connectivity index (χ2v) is 3.64. The normalized spacial score (nSPS) is 9.71. The monoisotopic (exact) mass is 235 g/mol. The van der Waals surface area contributed by atoms with Crippen LogP contribution in [0, 0.1) is 0 Å². The van der Waals surface area contributed by atoms with Gasteiger partial charge < -0.3 is 10.6 Å². The van der Waals surface area contributed by atoms with Gasteiger partial charge in [0.05, 0.1) is 11.9 Å². The Balaban J connectivity index is 2.24. The lowest BCUT2D eigenvalue weighted by Gasteiger charge is -2.05. The minimum absolute atomic E-state index is 0.0896. The van der Waals surface area contributed by atoms with E-state index in [1.165, 1.54) is 0 Å². The standard InChI is InChI=1S/C12H17N3O2/c1-2-7-14-11(16)5-6-12(17)15-10-4-3-8-13-9-10/h3-4,8-9H,2,5-7H2,1H3,(H,14,16)(H,15,17). The molecule has 0 radical (unpaired) electrons. The van der Waals surface area contributed by atoms with Crippen molar-refractivity contribution in [2.24, 2.45) is 0 Å². The van der Waals surface area contributed by atoms with Crippen LogP contribution in [0.5, 0.6) is 0 Å². The second kappa shape index (κ2) is 7.38. The van der Waals surface area contributed by atoms with E-state index < -0.39 is 0 Å². The smallest absolute Gasteiger partial charge is 0.224 e. The molecule has 0 aromatic carbocycles. The van der Waals surface area contributed by atoms with Crippen LogP contribution in [0.3, 0.4) is 0 Å². The number of carbonyl (C=O) groups is 2. The zero-order valence-corrected chi connectivity index (χ0v) is 9.90. The molecule has 1 aromatic heterocycles. The first-order valence-electron chi connectivity index (χ1n) is 5.69. The lowest BCUT2D eigenvalue weighted by Crippen LogP contribution is -2.25. The summed E-state index contributed by atoms with van der Waals surface area (Å²) in [6, 6.07) is 3.49. The van der Waals surface area contributed by atoms with Gasteiger partial charge in [0.1, 0.15) is 0 Å². The van der Waals surface area contributed by atoms with Crippen molar-refractivity contribution in [3.8, 4) is 0 Å². The van der Waals surface area contributed by atoms with E-state index in [9.17, 15) is 9.59 Å². The van der Waals surface area contributed by atoms with E-state index in [4.69, 9.17) is 0 Å². The summed E-state index contributed by atoms with van der Waals surface area (Å²) < 4.78 is 0. The first-order valence-corrected chi connectivity index (χ1v) is 5.69. The zero-order valence-electron chi connectivity index (χ0n) is 9.90. The average molecular weight is 235 g/mol. The first kappa shape index (κ1) is 13.2. The van der Waals surface area contributed by atoms with E-state index in [1.54, 1.807) is 24.5 Å². The summed E-state index contributed by atoms with van der Waals surface area (Å²) in [5, 5.41) is 5.39. The Bertz CT molecular complexity index is 365. The minimum atomic E-state index is -0.176. The summed E-state index contributed by atoms with van der Waals surface area (Å²) in [5.74, 6) is -0.266. The highest BCUT2D eigenvalue weighted by Gasteiger charge is 2.06. The van der Waals surface area contributed by atoms with Crippen molar-refractivity contribution < 1.29 is 9.59 Å². The molecule has 2 amide bonds. The van der Waals surface area contributed by atoms with Crippen molar-refractivity contribution in [3.63, 3.8) is 0 Å². The third kappa shape index (κ3) is 5.65. The van der Waals surface area contributed by atoms with E-state index in [1.807, 2.05) is 6.92 Å². The second-order valence-electron chi connectivity index (χ2n) is 3.64. The van der Waals surface area contributed by atoms with Crippen LogP contribution in [0.1, 0.15) is 26.2 Å². The lowest BCUT2D eigenvalue weighted by molar-refractivity contribution is -0.124. The Labute approximate surface area is 101 Å². The molecule has 5 nitrogen and oxygen atoms in total. The fourth-order valence-electron chi connectivity index (χ4n) is 1.24. The van der Waals surface area contributed by atoms with Crippen LogP contribution >= 0.6 is 0 Å². The summed E-state index contributed by atoms with van der Waals surface area (Å²) >= 11 is 0. The van der Waals surface area contributed by atoms with Gasteiger partial charge in [0.15, 0.2) is 0 Å². The molecule has 0 saturated heterocycles. The molecule has 0 unspecified atom stereocenters. The van der Waals surface area contributed by atoms with Gasteiger partial charge in [-0.2, -0.15) is 0 Å². The van der Waals surface area contributed by atoms with Crippen LogP contribution in [0.15, 0.2) is 24.5 Å². The third-order valence-electron chi connectivity index (χ3n) is 2.10. The molecule has 0 aliphatic rings. The van der Waals surface area contributed by atoms with Crippen LogP contribution in [-0.4, -0.2) is 23.3 Å². The van der Waals surface area contributed by atoms with E-state index in [-0.39, 0.29) is 24.7 Å². The number of pyridine rings is 1. The molecule has 2 N–H and O–H groups in total. The van der Waals surface area contributed by atoms with Crippen LogP contribution in [0.4, 0.5) is 5.69 Å². The van der Waals surface area contributed by atoms with Crippen molar-refractivity contribution in [2.75, 3.05) is 11.9 Å².